The van der Waals surface area contributed by atoms with Crippen molar-refractivity contribution < 1.29 is 28.6 Å². The summed E-state index contributed by atoms with van der Waals surface area (Å²) in [5.41, 5.74) is 0. The summed E-state index contributed by atoms with van der Waals surface area (Å²) in [4.78, 5) is 38.2. The number of hydrogen-bond acceptors (Lipinski definition) is 6. The number of carbonyl (C=O) groups is 3. The number of ether oxygens (including phenoxy) is 3. The van der Waals surface area contributed by atoms with Crippen LogP contribution in [0.25, 0.3) is 0 Å². The highest BCUT2D eigenvalue weighted by molar-refractivity contribution is 5.71. The lowest BCUT2D eigenvalue weighted by Gasteiger charge is -2.18. The molecule has 0 fully saturated rings. The van der Waals surface area contributed by atoms with Crippen molar-refractivity contribution in [2.24, 2.45) is 0 Å². The Balaban J connectivity index is 4.38. The Morgan fingerprint density at radius 1 is 0.294 bits per heavy atom. The van der Waals surface area contributed by atoms with E-state index in [0.29, 0.717) is 19.3 Å². The molecule has 0 bridgehead atoms. The molecule has 6 nitrogen and oxygen atoms in total. The highest BCUT2D eigenvalue weighted by Crippen LogP contribution is 2.15. The van der Waals surface area contributed by atoms with Gasteiger partial charge in [-0.2, -0.15) is 0 Å². The minimum Gasteiger partial charge on any atom is -0.462 e. The zero-order valence-electron chi connectivity index (χ0n) is 45.4. The van der Waals surface area contributed by atoms with Gasteiger partial charge in [0.25, 0.3) is 0 Å². The van der Waals surface area contributed by atoms with Crippen LogP contribution < -0.4 is 0 Å². The van der Waals surface area contributed by atoms with Crippen LogP contribution in [0, 0.1) is 0 Å². The first-order valence-electron chi connectivity index (χ1n) is 29.6. The first-order valence-corrected chi connectivity index (χ1v) is 29.6. The number of rotatable bonds is 54. The largest absolute Gasteiger partial charge is 0.462 e. The van der Waals surface area contributed by atoms with Crippen LogP contribution >= 0.6 is 0 Å². The molecule has 396 valence electrons. The number of carbonyl (C=O) groups excluding carboxylic acids is 3. The van der Waals surface area contributed by atoms with Crippen molar-refractivity contribution >= 4 is 17.9 Å². The van der Waals surface area contributed by atoms with Crippen molar-refractivity contribution in [1.29, 1.82) is 0 Å². The van der Waals surface area contributed by atoms with Gasteiger partial charge in [-0.25, -0.2) is 0 Å². The maximum Gasteiger partial charge on any atom is 0.306 e. The van der Waals surface area contributed by atoms with Crippen LogP contribution in [0.3, 0.4) is 0 Å². The highest BCUT2D eigenvalue weighted by atomic mass is 16.6. The van der Waals surface area contributed by atoms with Gasteiger partial charge in [0.15, 0.2) is 6.10 Å². The van der Waals surface area contributed by atoms with Crippen molar-refractivity contribution in [3.8, 4) is 0 Å². The van der Waals surface area contributed by atoms with Crippen molar-refractivity contribution in [3.05, 3.63) is 48.6 Å². The van der Waals surface area contributed by atoms with Crippen LogP contribution in [-0.2, 0) is 28.6 Å². The molecular formula is C62H112O6. The fraction of sp³-hybridized carbons (Fsp3) is 0.823. The van der Waals surface area contributed by atoms with Crippen LogP contribution in [0.4, 0.5) is 0 Å². The lowest BCUT2D eigenvalue weighted by molar-refractivity contribution is -0.167. The monoisotopic (exact) mass is 953 g/mol. The van der Waals surface area contributed by atoms with Gasteiger partial charge in [0.1, 0.15) is 13.2 Å². The van der Waals surface area contributed by atoms with Crippen LogP contribution in [0.2, 0.25) is 0 Å². The Hall–Kier alpha value is -2.63. The Morgan fingerprint density at radius 3 is 0.838 bits per heavy atom. The second-order valence-electron chi connectivity index (χ2n) is 19.9. The molecule has 0 aliphatic carbocycles. The molecule has 0 spiro atoms. The fourth-order valence-corrected chi connectivity index (χ4v) is 8.52. The van der Waals surface area contributed by atoms with Crippen molar-refractivity contribution in [1.82, 2.24) is 0 Å². The van der Waals surface area contributed by atoms with Crippen molar-refractivity contribution in [3.63, 3.8) is 0 Å². The van der Waals surface area contributed by atoms with Gasteiger partial charge in [0.05, 0.1) is 0 Å². The summed E-state index contributed by atoms with van der Waals surface area (Å²) in [5.74, 6) is -0.886. The molecule has 0 aromatic rings. The average molecular weight is 954 g/mol. The average Bonchev–Trinajstić information content (AvgIpc) is 3.34. The fourth-order valence-electron chi connectivity index (χ4n) is 8.52. The standard InChI is InChI=1S/C62H112O6/c1-4-7-10-13-16-19-22-25-28-30-32-34-37-40-43-46-49-52-55-61(64)67-58-59(57-66-60(63)54-51-48-45-42-39-36-27-24-21-18-15-12-9-6-3)68-62(65)56-53-50-47-44-41-38-35-33-31-29-26-23-20-17-14-11-8-5-2/h19,22,24,27-31,59H,4-18,20-21,23,25-26,32-58H2,1-3H3/b22-19-,27-24-,30-28-,31-29-. The van der Waals surface area contributed by atoms with E-state index in [2.05, 4.69) is 69.4 Å². The predicted octanol–water partition coefficient (Wildman–Crippen LogP) is 19.8. The molecule has 0 saturated heterocycles. The molecule has 68 heavy (non-hydrogen) atoms. The van der Waals surface area contributed by atoms with E-state index in [4.69, 9.17) is 14.2 Å². The molecule has 0 aliphatic rings. The maximum absolute atomic E-state index is 12.9. The van der Waals surface area contributed by atoms with Crippen LogP contribution in [0.15, 0.2) is 48.6 Å². The van der Waals surface area contributed by atoms with E-state index in [1.807, 2.05) is 0 Å². The molecule has 6 heteroatoms. The van der Waals surface area contributed by atoms with E-state index in [0.717, 1.165) is 77.0 Å². The molecule has 0 aromatic carbocycles. The van der Waals surface area contributed by atoms with E-state index in [-0.39, 0.29) is 31.1 Å². The minimum atomic E-state index is -0.781. The molecule has 1 atom stereocenters. The predicted molar refractivity (Wildman–Crippen MR) is 293 cm³/mol. The number of hydrogen-bond donors (Lipinski definition) is 0. The van der Waals surface area contributed by atoms with Gasteiger partial charge in [0.2, 0.25) is 0 Å². The molecule has 0 aliphatic heterocycles. The van der Waals surface area contributed by atoms with Gasteiger partial charge < -0.3 is 14.2 Å². The molecule has 0 N–H and O–H groups in total. The molecular weight excluding hydrogens is 841 g/mol. The molecule has 0 aromatic heterocycles. The number of allylic oxidation sites excluding steroid dienone is 8. The third-order valence-corrected chi connectivity index (χ3v) is 13.0. The van der Waals surface area contributed by atoms with Crippen molar-refractivity contribution in [2.75, 3.05) is 13.2 Å². The third kappa shape index (κ3) is 54.3. The van der Waals surface area contributed by atoms with Crippen LogP contribution in [0.1, 0.15) is 310 Å². The Bertz CT molecular complexity index is 1190. The van der Waals surface area contributed by atoms with E-state index in [1.165, 1.54) is 193 Å². The Labute approximate surface area is 422 Å². The molecule has 0 saturated carbocycles. The zero-order valence-corrected chi connectivity index (χ0v) is 45.4. The summed E-state index contributed by atoms with van der Waals surface area (Å²) in [5, 5.41) is 0. The SMILES string of the molecule is CCCCCC/C=C\C/C=C\CCCCCCCCCC(=O)OCC(COC(=O)CCCCCCC/C=C\CCCCCCC)OC(=O)CCCCCCCCC/C=C\CCCCCCCCC. The topological polar surface area (TPSA) is 78.9 Å². The lowest BCUT2D eigenvalue weighted by Crippen LogP contribution is -2.30. The van der Waals surface area contributed by atoms with Gasteiger partial charge in [-0.1, -0.05) is 236 Å². The Morgan fingerprint density at radius 2 is 0.529 bits per heavy atom. The first kappa shape index (κ1) is 65.4. The molecule has 0 rings (SSSR count). The molecule has 0 radical (unpaired) electrons. The summed E-state index contributed by atoms with van der Waals surface area (Å²) in [6, 6.07) is 0. The molecule has 0 heterocycles. The second-order valence-corrected chi connectivity index (χ2v) is 19.9. The smallest absolute Gasteiger partial charge is 0.306 e. The normalized spacial score (nSPS) is 12.3. The summed E-state index contributed by atoms with van der Waals surface area (Å²) in [6.07, 6.45) is 69.5. The van der Waals surface area contributed by atoms with Gasteiger partial charge >= 0.3 is 17.9 Å². The van der Waals surface area contributed by atoms with Gasteiger partial charge in [-0.15, -0.1) is 0 Å². The third-order valence-electron chi connectivity index (χ3n) is 13.0. The first-order chi connectivity index (χ1) is 33.5. The summed E-state index contributed by atoms with van der Waals surface area (Å²) >= 11 is 0. The number of esters is 3. The lowest BCUT2D eigenvalue weighted by atomic mass is 10.1. The number of unbranched alkanes of at least 4 members (excludes halogenated alkanes) is 35. The van der Waals surface area contributed by atoms with E-state index < -0.39 is 6.10 Å². The van der Waals surface area contributed by atoms with E-state index in [9.17, 15) is 14.4 Å². The van der Waals surface area contributed by atoms with E-state index in [1.54, 1.807) is 0 Å². The second kappa shape index (κ2) is 57.0. The van der Waals surface area contributed by atoms with Gasteiger partial charge in [-0.05, 0) is 103 Å². The van der Waals surface area contributed by atoms with Crippen LogP contribution in [0.5, 0.6) is 0 Å². The van der Waals surface area contributed by atoms with Crippen LogP contribution in [-0.4, -0.2) is 37.2 Å². The summed E-state index contributed by atoms with van der Waals surface area (Å²) < 4.78 is 16.9. The minimum absolute atomic E-state index is 0.0801. The van der Waals surface area contributed by atoms with Crippen molar-refractivity contribution in [2.45, 2.75) is 316 Å². The zero-order chi connectivity index (χ0) is 49.3. The highest BCUT2D eigenvalue weighted by Gasteiger charge is 2.19. The summed E-state index contributed by atoms with van der Waals surface area (Å²) in [7, 11) is 0. The van der Waals surface area contributed by atoms with E-state index >= 15 is 0 Å². The van der Waals surface area contributed by atoms with Gasteiger partial charge in [0, 0.05) is 19.3 Å². The molecule has 0 amide bonds. The maximum atomic E-state index is 12.9. The molecule has 1 unspecified atom stereocenters. The Kier molecular flexibility index (Phi) is 54.8. The van der Waals surface area contributed by atoms with Gasteiger partial charge in [-0.3, -0.25) is 14.4 Å². The summed E-state index contributed by atoms with van der Waals surface area (Å²) in [6.45, 7) is 6.63. The quantitative estimate of drug-likeness (QED) is 0.0262.